The summed E-state index contributed by atoms with van der Waals surface area (Å²) in [5.41, 5.74) is 2.05. The molecule has 5 heteroatoms. The van der Waals surface area contributed by atoms with Crippen molar-refractivity contribution < 1.29 is 14.1 Å². The number of hydrogen-bond acceptors (Lipinski definition) is 4. The summed E-state index contributed by atoms with van der Waals surface area (Å²) in [4.78, 5) is 25.1. The van der Waals surface area contributed by atoms with Gasteiger partial charge in [-0.05, 0) is 31.2 Å². The van der Waals surface area contributed by atoms with Gasteiger partial charge in [0.25, 0.3) is 0 Å². The summed E-state index contributed by atoms with van der Waals surface area (Å²) in [5.74, 6) is -0.686. The van der Waals surface area contributed by atoms with Crippen molar-refractivity contribution >= 4 is 23.2 Å². The monoisotopic (exact) mass is 325 g/mol. The normalized spacial score (nSPS) is 10.5. The second-order valence-corrected chi connectivity index (χ2v) is 5.54. The molecule has 0 amide bonds. The standard InChI is InChI=1S/C18H12ClNO3/c1-11-2-4-13(5-3-11)18(22)16-15(10-23-20-16)17(21)12-6-8-14(19)9-7-12/h2-10H,1H3. The highest BCUT2D eigenvalue weighted by Crippen LogP contribution is 2.19. The maximum atomic E-state index is 12.5. The van der Waals surface area contributed by atoms with Gasteiger partial charge >= 0.3 is 0 Å². The van der Waals surface area contributed by atoms with Crippen LogP contribution in [0.2, 0.25) is 5.02 Å². The molecule has 1 heterocycles. The second kappa shape index (κ2) is 6.18. The van der Waals surface area contributed by atoms with E-state index in [9.17, 15) is 9.59 Å². The summed E-state index contributed by atoms with van der Waals surface area (Å²) in [6.07, 6.45) is 1.19. The number of aromatic nitrogens is 1. The second-order valence-electron chi connectivity index (χ2n) is 5.11. The van der Waals surface area contributed by atoms with E-state index < -0.39 is 0 Å². The molecule has 4 nitrogen and oxygen atoms in total. The summed E-state index contributed by atoms with van der Waals surface area (Å²) >= 11 is 5.82. The van der Waals surface area contributed by atoms with E-state index in [0.29, 0.717) is 16.1 Å². The molecule has 2 aromatic carbocycles. The number of rotatable bonds is 4. The summed E-state index contributed by atoms with van der Waals surface area (Å²) < 4.78 is 4.86. The molecule has 0 aliphatic rings. The van der Waals surface area contributed by atoms with Crippen molar-refractivity contribution in [3.8, 4) is 0 Å². The quantitative estimate of drug-likeness (QED) is 0.678. The van der Waals surface area contributed by atoms with Crippen molar-refractivity contribution in [3.05, 3.63) is 87.8 Å². The van der Waals surface area contributed by atoms with Gasteiger partial charge in [0.15, 0.2) is 11.5 Å². The Balaban J connectivity index is 1.96. The van der Waals surface area contributed by atoms with Gasteiger partial charge in [0, 0.05) is 16.1 Å². The molecule has 0 radical (unpaired) electrons. The van der Waals surface area contributed by atoms with Crippen LogP contribution < -0.4 is 0 Å². The van der Waals surface area contributed by atoms with Crippen LogP contribution in [0.5, 0.6) is 0 Å². The Morgan fingerprint density at radius 3 is 2.13 bits per heavy atom. The van der Waals surface area contributed by atoms with Gasteiger partial charge in [-0.3, -0.25) is 9.59 Å². The lowest BCUT2D eigenvalue weighted by molar-refractivity contribution is 0.1000. The van der Waals surface area contributed by atoms with E-state index >= 15 is 0 Å². The van der Waals surface area contributed by atoms with Gasteiger partial charge in [0.05, 0.1) is 5.56 Å². The molecule has 0 unspecified atom stereocenters. The van der Waals surface area contributed by atoms with Crippen LogP contribution in [0.25, 0.3) is 0 Å². The van der Waals surface area contributed by atoms with Crippen molar-refractivity contribution in [1.29, 1.82) is 0 Å². The molecule has 3 aromatic rings. The van der Waals surface area contributed by atoms with Gasteiger partial charge in [-0.2, -0.15) is 0 Å². The Morgan fingerprint density at radius 2 is 1.48 bits per heavy atom. The molecule has 0 saturated carbocycles. The smallest absolute Gasteiger partial charge is 0.215 e. The summed E-state index contributed by atoms with van der Waals surface area (Å²) in [5, 5.41) is 4.24. The fraction of sp³-hybridized carbons (Fsp3) is 0.0556. The minimum Gasteiger partial charge on any atom is -0.363 e. The highest BCUT2D eigenvalue weighted by molar-refractivity contribution is 6.30. The molecule has 1 aromatic heterocycles. The predicted octanol–water partition coefficient (Wildman–Crippen LogP) is 4.10. The van der Waals surface area contributed by atoms with Crippen LogP contribution in [0.1, 0.15) is 37.5 Å². The van der Waals surface area contributed by atoms with E-state index in [1.165, 1.54) is 6.26 Å². The molecule has 0 bridgehead atoms. The third-order valence-electron chi connectivity index (χ3n) is 3.45. The maximum Gasteiger partial charge on any atom is 0.215 e. The fourth-order valence-corrected chi connectivity index (χ4v) is 2.29. The SMILES string of the molecule is Cc1ccc(C(=O)c2nocc2C(=O)c2ccc(Cl)cc2)cc1. The molecular formula is C18H12ClNO3. The van der Waals surface area contributed by atoms with Gasteiger partial charge in [-0.15, -0.1) is 0 Å². The molecule has 0 aliphatic heterocycles. The lowest BCUT2D eigenvalue weighted by Crippen LogP contribution is -2.10. The zero-order chi connectivity index (χ0) is 16.4. The summed E-state index contributed by atoms with van der Waals surface area (Å²) in [6, 6.07) is 13.5. The van der Waals surface area contributed by atoms with Crippen molar-refractivity contribution in [2.45, 2.75) is 6.92 Å². The Morgan fingerprint density at radius 1 is 0.913 bits per heavy atom. The summed E-state index contributed by atoms with van der Waals surface area (Å²) in [7, 11) is 0. The van der Waals surface area contributed by atoms with E-state index in [0.717, 1.165) is 5.56 Å². The van der Waals surface area contributed by atoms with E-state index in [4.69, 9.17) is 16.1 Å². The number of aryl methyl sites for hydroxylation is 1. The molecule has 0 aliphatic carbocycles. The van der Waals surface area contributed by atoms with E-state index in [2.05, 4.69) is 5.16 Å². The lowest BCUT2D eigenvalue weighted by atomic mass is 9.99. The molecule has 0 atom stereocenters. The van der Waals surface area contributed by atoms with Crippen molar-refractivity contribution in [2.24, 2.45) is 0 Å². The van der Waals surface area contributed by atoms with E-state index in [-0.39, 0.29) is 22.8 Å². The fourth-order valence-electron chi connectivity index (χ4n) is 2.16. The third kappa shape index (κ3) is 3.07. The van der Waals surface area contributed by atoms with E-state index in [1.54, 1.807) is 36.4 Å². The van der Waals surface area contributed by atoms with Crippen LogP contribution in [0, 0.1) is 6.92 Å². The summed E-state index contributed by atoms with van der Waals surface area (Å²) in [6.45, 7) is 1.93. The van der Waals surface area contributed by atoms with Crippen LogP contribution in [0.15, 0.2) is 59.3 Å². The van der Waals surface area contributed by atoms with Gasteiger partial charge in [0.1, 0.15) is 6.26 Å². The average Bonchev–Trinajstić information content (AvgIpc) is 3.04. The molecule has 0 fully saturated rings. The molecule has 114 valence electrons. The van der Waals surface area contributed by atoms with Crippen LogP contribution in [0.3, 0.4) is 0 Å². The number of halogens is 1. The number of ketones is 2. The van der Waals surface area contributed by atoms with Gasteiger partial charge < -0.3 is 4.52 Å². The first-order valence-electron chi connectivity index (χ1n) is 6.92. The average molecular weight is 326 g/mol. The molecule has 0 N–H and O–H groups in total. The number of nitrogens with zero attached hydrogens (tertiary/aromatic N) is 1. The first kappa shape index (κ1) is 15.2. The Kier molecular flexibility index (Phi) is 4.08. The van der Waals surface area contributed by atoms with Crippen LogP contribution >= 0.6 is 11.6 Å². The molecule has 0 spiro atoms. The molecule has 23 heavy (non-hydrogen) atoms. The predicted molar refractivity (Wildman–Crippen MR) is 86.0 cm³/mol. The Labute approximate surface area is 137 Å². The zero-order valence-corrected chi connectivity index (χ0v) is 13.0. The molecule has 3 rings (SSSR count). The number of carbonyl (C=O) groups is 2. The van der Waals surface area contributed by atoms with Gasteiger partial charge in [0.2, 0.25) is 5.78 Å². The van der Waals surface area contributed by atoms with Crippen molar-refractivity contribution in [3.63, 3.8) is 0 Å². The van der Waals surface area contributed by atoms with Crippen LogP contribution in [0.4, 0.5) is 0 Å². The Bertz CT molecular complexity index is 792. The molecule has 0 saturated heterocycles. The van der Waals surface area contributed by atoms with Gasteiger partial charge in [-0.1, -0.05) is 46.6 Å². The topological polar surface area (TPSA) is 60.2 Å². The van der Waals surface area contributed by atoms with E-state index in [1.807, 2.05) is 19.1 Å². The number of hydrogen-bond donors (Lipinski definition) is 0. The third-order valence-corrected chi connectivity index (χ3v) is 3.70. The van der Waals surface area contributed by atoms with Crippen molar-refractivity contribution in [2.75, 3.05) is 0 Å². The largest absolute Gasteiger partial charge is 0.363 e. The first-order chi connectivity index (χ1) is 11.1. The number of carbonyl (C=O) groups excluding carboxylic acids is 2. The highest BCUT2D eigenvalue weighted by Gasteiger charge is 2.23. The minimum absolute atomic E-state index is 0.00815. The van der Waals surface area contributed by atoms with Crippen LogP contribution in [-0.4, -0.2) is 16.7 Å². The lowest BCUT2D eigenvalue weighted by Gasteiger charge is -2.02. The highest BCUT2D eigenvalue weighted by atomic mass is 35.5. The molecular weight excluding hydrogens is 314 g/mol. The van der Waals surface area contributed by atoms with Crippen molar-refractivity contribution in [1.82, 2.24) is 5.16 Å². The first-order valence-corrected chi connectivity index (χ1v) is 7.30. The van der Waals surface area contributed by atoms with Gasteiger partial charge in [-0.25, -0.2) is 0 Å². The minimum atomic E-state index is -0.351. The zero-order valence-electron chi connectivity index (χ0n) is 12.2. The van der Waals surface area contributed by atoms with Crippen LogP contribution in [-0.2, 0) is 0 Å². The number of benzene rings is 2. The Hall–Kier alpha value is -2.72. The maximum absolute atomic E-state index is 12.5.